The first kappa shape index (κ1) is 17.0. The van der Waals surface area contributed by atoms with Gasteiger partial charge in [-0.3, -0.25) is 0 Å². The number of para-hydroxylation sites is 1. The molecule has 1 aromatic carbocycles. The first-order valence-electron chi connectivity index (χ1n) is 8.89. The molecular weight excluding hydrogens is 306 g/mol. The molecule has 0 bridgehead atoms. The van der Waals surface area contributed by atoms with E-state index in [0.717, 1.165) is 30.8 Å². The zero-order valence-electron chi connectivity index (χ0n) is 14.0. The van der Waals surface area contributed by atoms with Gasteiger partial charge >= 0.3 is 6.03 Å². The number of aliphatic hydroxyl groups excluding tert-OH is 1. The largest absolute Gasteiger partial charge is 0.493 e. The zero-order valence-corrected chi connectivity index (χ0v) is 14.0. The van der Waals surface area contributed by atoms with E-state index in [1.54, 1.807) is 0 Å². The number of fused-ring (bicyclic) bond motifs is 1. The lowest BCUT2D eigenvalue weighted by atomic mass is 10.0. The van der Waals surface area contributed by atoms with Gasteiger partial charge in [0, 0.05) is 25.1 Å². The van der Waals surface area contributed by atoms with Crippen molar-refractivity contribution in [2.45, 2.75) is 37.8 Å². The molecule has 0 aromatic heterocycles. The Hall–Kier alpha value is -1.79. The number of carbonyl (C=O) groups is 1. The lowest BCUT2D eigenvalue weighted by Gasteiger charge is -2.29. The molecule has 2 amide bonds. The summed E-state index contributed by atoms with van der Waals surface area (Å²) in [6, 6.07) is 7.48. The van der Waals surface area contributed by atoms with E-state index in [-0.39, 0.29) is 18.6 Å². The number of carbonyl (C=O) groups excluding carboxylic acids is 1. The second-order valence-corrected chi connectivity index (χ2v) is 6.60. The highest BCUT2D eigenvalue weighted by Gasteiger charge is 2.23. The van der Waals surface area contributed by atoms with Gasteiger partial charge in [-0.25, -0.2) is 4.79 Å². The summed E-state index contributed by atoms with van der Waals surface area (Å²) in [5, 5.41) is 15.9. The molecule has 2 unspecified atom stereocenters. The number of likely N-dealkylation sites (tertiary alicyclic amines) is 1. The van der Waals surface area contributed by atoms with Crippen LogP contribution in [0, 0.1) is 0 Å². The van der Waals surface area contributed by atoms with Gasteiger partial charge in [-0.2, -0.15) is 0 Å². The molecule has 132 valence electrons. The van der Waals surface area contributed by atoms with Crippen LogP contribution in [0.2, 0.25) is 0 Å². The number of ether oxygens (including phenoxy) is 1. The summed E-state index contributed by atoms with van der Waals surface area (Å²) < 4.78 is 5.60. The monoisotopic (exact) mass is 333 g/mol. The van der Waals surface area contributed by atoms with Crippen LogP contribution < -0.4 is 15.4 Å². The minimum atomic E-state index is -0.532. The summed E-state index contributed by atoms with van der Waals surface area (Å²) in [7, 11) is 0. The van der Waals surface area contributed by atoms with Crippen molar-refractivity contribution in [2.75, 3.05) is 32.8 Å². The Morgan fingerprint density at radius 3 is 2.92 bits per heavy atom. The minimum absolute atomic E-state index is 0.0470. The molecule has 1 fully saturated rings. The number of piperidine rings is 1. The molecule has 0 spiro atoms. The molecule has 3 rings (SSSR count). The second-order valence-electron chi connectivity index (χ2n) is 6.60. The van der Waals surface area contributed by atoms with Crippen molar-refractivity contribution in [1.29, 1.82) is 0 Å². The molecule has 2 heterocycles. The van der Waals surface area contributed by atoms with E-state index in [4.69, 9.17) is 4.74 Å². The van der Waals surface area contributed by atoms with Gasteiger partial charge < -0.3 is 25.4 Å². The summed E-state index contributed by atoms with van der Waals surface area (Å²) >= 11 is 0. The first-order valence-corrected chi connectivity index (χ1v) is 8.89. The maximum Gasteiger partial charge on any atom is 0.315 e. The lowest BCUT2D eigenvalue weighted by Crippen LogP contribution is -2.45. The molecule has 0 saturated carbocycles. The van der Waals surface area contributed by atoms with Crippen molar-refractivity contribution < 1.29 is 14.6 Å². The summed E-state index contributed by atoms with van der Waals surface area (Å²) in [6.45, 7) is 3.58. The Kier molecular flexibility index (Phi) is 5.93. The SMILES string of the molecule is O=C(NCC(O)CN1CCCCC1)NC1CCOc2ccccc21. The van der Waals surface area contributed by atoms with Gasteiger partial charge in [-0.15, -0.1) is 0 Å². The van der Waals surface area contributed by atoms with Crippen LogP contribution in [0.25, 0.3) is 0 Å². The number of nitrogens with zero attached hydrogens (tertiary/aromatic N) is 1. The molecule has 2 aliphatic heterocycles. The number of urea groups is 1. The lowest BCUT2D eigenvalue weighted by molar-refractivity contribution is 0.101. The van der Waals surface area contributed by atoms with E-state index >= 15 is 0 Å². The molecule has 0 radical (unpaired) electrons. The molecule has 1 saturated heterocycles. The average Bonchev–Trinajstić information content (AvgIpc) is 2.61. The Bertz CT molecular complexity index is 546. The maximum absolute atomic E-state index is 12.1. The van der Waals surface area contributed by atoms with Crippen molar-refractivity contribution in [3.8, 4) is 5.75 Å². The standard InChI is InChI=1S/C18H27N3O3/c22-14(13-21-9-4-1-5-10-21)12-19-18(23)20-16-8-11-24-17-7-3-2-6-15(16)17/h2-3,6-7,14,16,22H,1,4-5,8-13H2,(H2,19,20,23). The van der Waals surface area contributed by atoms with Gasteiger partial charge in [-0.05, 0) is 32.0 Å². The molecule has 6 heteroatoms. The number of amides is 2. The van der Waals surface area contributed by atoms with Crippen LogP contribution in [-0.4, -0.2) is 54.9 Å². The highest BCUT2D eigenvalue weighted by Crippen LogP contribution is 2.31. The molecule has 2 atom stereocenters. The van der Waals surface area contributed by atoms with Gasteiger partial charge in [-0.1, -0.05) is 24.6 Å². The predicted octanol–water partition coefficient (Wildman–Crippen LogP) is 1.66. The summed E-state index contributed by atoms with van der Waals surface area (Å²) in [5.41, 5.74) is 1.01. The zero-order chi connectivity index (χ0) is 16.8. The third-order valence-corrected chi connectivity index (χ3v) is 4.68. The van der Waals surface area contributed by atoms with E-state index in [1.165, 1.54) is 19.3 Å². The number of rotatable bonds is 5. The van der Waals surface area contributed by atoms with Crippen LogP contribution in [0.5, 0.6) is 5.75 Å². The Morgan fingerprint density at radius 2 is 2.08 bits per heavy atom. The second kappa shape index (κ2) is 8.35. The highest BCUT2D eigenvalue weighted by molar-refractivity contribution is 5.74. The fraction of sp³-hybridized carbons (Fsp3) is 0.611. The Labute approximate surface area is 143 Å². The van der Waals surface area contributed by atoms with Gasteiger partial charge in [0.2, 0.25) is 0 Å². The molecule has 3 N–H and O–H groups in total. The quantitative estimate of drug-likeness (QED) is 0.766. The van der Waals surface area contributed by atoms with E-state index in [2.05, 4.69) is 15.5 Å². The molecular formula is C18H27N3O3. The van der Waals surface area contributed by atoms with Crippen molar-refractivity contribution in [3.05, 3.63) is 29.8 Å². The van der Waals surface area contributed by atoms with E-state index < -0.39 is 6.10 Å². The molecule has 0 aliphatic carbocycles. The van der Waals surface area contributed by atoms with E-state index in [0.29, 0.717) is 13.2 Å². The number of β-amino-alcohol motifs (C(OH)–C–C–N with tert-alkyl or cyclic N) is 1. The summed E-state index contributed by atoms with van der Waals surface area (Å²) in [6.07, 6.45) is 3.89. The van der Waals surface area contributed by atoms with Gasteiger partial charge in [0.15, 0.2) is 0 Å². The smallest absolute Gasteiger partial charge is 0.315 e. The van der Waals surface area contributed by atoms with Crippen LogP contribution in [-0.2, 0) is 0 Å². The molecule has 24 heavy (non-hydrogen) atoms. The highest BCUT2D eigenvalue weighted by atomic mass is 16.5. The maximum atomic E-state index is 12.1. The molecule has 1 aromatic rings. The molecule has 6 nitrogen and oxygen atoms in total. The van der Waals surface area contributed by atoms with Crippen molar-refractivity contribution in [2.24, 2.45) is 0 Å². The number of aliphatic hydroxyl groups is 1. The van der Waals surface area contributed by atoms with E-state index in [9.17, 15) is 9.90 Å². The minimum Gasteiger partial charge on any atom is -0.493 e. The summed E-state index contributed by atoms with van der Waals surface area (Å²) in [5.74, 6) is 0.833. The molecule has 2 aliphatic rings. The van der Waals surface area contributed by atoms with Crippen LogP contribution in [0.4, 0.5) is 4.79 Å². The van der Waals surface area contributed by atoms with Crippen LogP contribution >= 0.6 is 0 Å². The van der Waals surface area contributed by atoms with Crippen LogP contribution in [0.1, 0.15) is 37.3 Å². The number of benzene rings is 1. The van der Waals surface area contributed by atoms with Crippen LogP contribution in [0.3, 0.4) is 0 Å². The third kappa shape index (κ3) is 4.61. The predicted molar refractivity (Wildman–Crippen MR) is 92.1 cm³/mol. The number of hydrogen-bond acceptors (Lipinski definition) is 4. The van der Waals surface area contributed by atoms with Crippen molar-refractivity contribution in [3.63, 3.8) is 0 Å². The fourth-order valence-corrected chi connectivity index (χ4v) is 3.42. The van der Waals surface area contributed by atoms with Crippen molar-refractivity contribution in [1.82, 2.24) is 15.5 Å². The van der Waals surface area contributed by atoms with E-state index in [1.807, 2.05) is 24.3 Å². The van der Waals surface area contributed by atoms with Crippen molar-refractivity contribution >= 4 is 6.03 Å². The van der Waals surface area contributed by atoms with Crippen LogP contribution in [0.15, 0.2) is 24.3 Å². The average molecular weight is 333 g/mol. The normalized spacial score (nSPS) is 22.1. The van der Waals surface area contributed by atoms with Gasteiger partial charge in [0.05, 0.1) is 18.8 Å². The van der Waals surface area contributed by atoms with Gasteiger partial charge in [0.25, 0.3) is 0 Å². The first-order chi connectivity index (χ1) is 11.7. The summed E-state index contributed by atoms with van der Waals surface area (Å²) in [4.78, 5) is 14.4. The van der Waals surface area contributed by atoms with Gasteiger partial charge in [0.1, 0.15) is 5.75 Å². The topological polar surface area (TPSA) is 73.8 Å². The Morgan fingerprint density at radius 1 is 1.29 bits per heavy atom. The number of nitrogens with one attached hydrogen (secondary N) is 2. The fourth-order valence-electron chi connectivity index (χ4n) is 3.42. The number of hydrogen-bond donors (Lipinski definition) is 3. The Balaban J connectivity index is 1.43. The third-order valence-electron chi connectivity index (χ3n) is 4.68.